The van der Waals surface area contributed by atoms with Crippen molar-refractivity contribution >= 4 is 22.5 Å². The van der Waals surface area contributed by atoms with Crippen molar-refractivity contribution in [3.05, 3.63) is 52.0 Å². The summed E-state index contributed by atoms with van der Waals surface area (Å²) < 4.78 is 1.42. The Kier molecular flexibility index (Phi) is 4.05. The molecule has 128 valence electrons. The fraction of sp³-hybridized carbons (Fsp3) is 0.333. The van der Waals surface area contributed by atoms with Crippen molar-refractivity contribution < 1.29 is 4.79 Å². The van der Waals surface area contributed by atoms with Crippen LogP contribution in [-0.4, -0.2) is 32.3 Å². The smallest absolute Gasteiger partial charge is 0.277 e. The molecule has 1 aliphatic carbocycles. The number of rotatable bonds is 4. The fourth-order valence-corrected chi connectivity index (χ4v) is 3.30. The lowest BCUT2D eigenvalue weighted by molar-refractivity contribution is 0.0950. The van der Waals surface area contributed by atoms with Gasteiger partial charge in [0.1, 0.15) is 0 Å². The Hall–Kier alpha value is -2.96. The number of allylic oxidation sites excluding steroid dienone is 1. The Morgan fingerprint density at radius 2 is 2.16 bits per heavy atom. The number of benzene rings is 1. The molecular weight excluding hydrogens is 318 g/mol. The monoisotopic (exact) mass is 337 g/mol. The number of H-pyrrole nitrogens is 1. The summed E-state index contributed by atoms with van der Waals surface area (Å²) >= 11 is 0. The first kappa shape index (κ1) is 15.6. The first-order valence-corrected chi connectivity index (χ1v) is 8.56. The first-order valence-electron chi connectivity index (χ1n) is 8.56. The summed E-state index contributed by atoms with van der Waals surface area (Å²) in [5.74, 6) is -0.368. The van der Waals surface area contributed by atoms with Crippen LogP contribution in [0.4, 0.5) is 0 Å². The van der Waals surface area contributed by atoms with Gasteiger partial charge in [-0.15, -0.1) is 5.10 Å². The molecule has 1 aliphatic rings. The number of hydrogen-bond donors (Lipinski definition) is 2. The molecule has 0 unspecified atom stereocenters. The van der Waals surface area contributed by atoms with Gasteiger partial charge >= 0.3 is 0 Å². The summed E-state index contributed by atoms with van der Waals surface area (Å²) in [6.07, 6.45) is 7.80. The highest BCUT2D eigenvalue weighted by molar-refractivity contribution is 5.99. The van der Waals surface area contributed by atoms with Crippen molar-refractivity contribution in [2.75, 3.05) is 6.54 Å². The van der Waals surface area contributed by atoms with Crippen molar-refractivity contribution in [3.63, 3.8) is 0 Å². The lowest BCUT2D eigenvalue weighted by Crippen LogP contribution is -2.27. The number of amides is 1. The zero-order chi connectivity index (χ0) is 17.2. The van der Waals surface area contributed by atoms with Crippen LogP contribution in [0.25, 0.3) is 16.6 Å². The van der Waals surface area contributed by atoms with Crippen molar-refractivity contribution in [1.82, 2.24) is 25.1 Å². The van der Waals surface area contributed by atoms with E-state index in [1.54, 1.807) is 6.07 Å². The Bertz CT molecular complexity index is 1030. The summed E-state index contributed by atoms with van der Waals surface area (Å²) in [5, 5.41) is 10.8. The lowest BCUT2D eigenvalue weighted by atomic mass is 9.97. The van der Waals surface area contributed by atoms with E-state index >= 15 is 0 Å². The summed E-state index contributed by atoms with van der Waals surface area (Å²) in [4.78, 5) is 27.6. The lowest BCUT2D eigenvalue weighted by Gasteiger charge is -2.12. The molecule has 4 rings (SSSR count). The topological polar surface area (TPSA) is 92.2 Å². The van der Waals surface area contributed by atoms with Crippen LogP contribution in [-0.2, 0) is 0 Å². The van der Waals surface area contributed by atoms with Gasteiger partial charge in [0.05, 0.1) is 11.0 Å². The average molecular weight is 337 g/mol. The molecule has 0 fully saturated rings. The number of carbonyl (C=O) groups is 1. The molecule has 0 spiro atoms. The van der Waals surface area contributed by atoms with E-state index in [0.717, 1.165) is 19.3 Å². The van der Waals surface area contributed by atoms with Gasteiger partial charge in [0.2, 0.25) is 0 Å². The number of para-hydroxylation sites is 2. The van der Waals surface area contributed by atoms with Gasteiger partial charge < -0.3 is 10.3 Å². The highest BCUT2D eigenvalue weighted by Crippen LogP contribution is 2.19. The van der Waals surface area contributed by atoms with Crippen LogP contribution < -0.4 is 10.9 Å². The maximum absolute atomic E-state index is 12.5. The van der Waals surface area contributed by atoms with Crippen LogP contribution in [0.5, 0.6) is 0 Å². The van der Waals surface area contributed by atoms with E-state index in [0.29, 0.717) is 17.6 Å². The van der Waals surface area contributed by atoms with Gasteiger partial charge in [-0.3, -0.25) is 9.59 Å². The fourth-order valence-electron chi connectivity index (χ4n) is 3.30. The first-order chi connectivity index (χ1) is 12.2. The summed E-state index contributed by atoms with van der Waals surface area (Å²) in [7, 11) is 0. The van der Waals surface area contributed by atoms with Gasteiger partial charge in [-0.05, 0) is 44.2 Å². The van der Waals surface area contributed by atoms with E-state index in [-0.39, 0.29) is 22.7 Å². The highest BCUT2D eigenvalue weighted by atomic mass is 16.2. The third-order valence-electron chi connectivity index (χ3n) is 4.60. The van der Waals surface area contributed by atoms with Crippen LogP contribution >= 0.6 is 0 Å². The van der Waals surface area contributed by atoms with Gasteiger partial charge in [0, 0.05) is 6.54 Å². The number of fused-ring (bicyclic) bond motifs is 3. The van der Waals surface area contributed by atoms with E-state index in [1.165, 1.54) is 22.9 Å². The Balaban J connectivity index is 1.58. The molecule has 3 aromatic rings. The molecule has 0 saturated carbocycles. The van der Waals surface area contributed by atoms with E-state index in [2.05, 4.69) is 26.7 Å². The minimum absolute atomic E-state index is 0.0598. The second-order valence-corrected chi connectivity index (χ2v) is 6.28. The molecule has 0 radical (unpaired) electrons. The van der Waals surface area contributed by atoms with E-state index in [9.17, 15) is 9.59 Å². The summed E-state index contributed by atoms with van der Waals surface area (Å²) in [6.45, 7) is 0.537. The number of carbonyl (C=O) groups excluding carboxylic acids is 1. The van der Waals surface area contributed by atoms with Crippen molar-refractivity contribution in [1.29, 1.82) is 0 Å². The largest absolute Gasteiger partial charge is 0.350 e. The quantitative estimate of drug-likeness (QED) is 0.714. The maximum atomic E-state index is 12.5. The Morgan fingerprint density at radius 1 is 1.28 bits per heavy atom. The molecule has 0 atom stereocenters. The molecule has 2 heterocycles. The average Bonchev–Trinajstić information content (AvgIpc) is 3.09. The molecule has 1 aromatic carbocycles. The van der Waals surface area contributed by atoms with Gasteiger partial charge in [-0.25, -0.2) is 4.52 Å². The van der Waals surface area contributed by atoms with Crippen LogP contribution in [0.1, 0.15) is 42.6 Å². The summed E-state index contributed by atoms with van der Waals surface area (Å²) in [6, 6.07) is 7.29. The number of aromatic nitrogens is 4. The molecule has 7 nitrogen and oxygen atoms in total. The molecule has 1 amide bonds. The van der Waals surface area contributed by atoms with Gasteiger partial charge in [0.15, 0.2) is 11.2 Å². The molecule has 2 aromatic heterocycles. The van der Waals surface area contributed by atoms with Gasteiger partial charge in [-0.2, -0.15) is 0 Å². The highest BCUT2D eigenvalue weighted by Gasteiger charge is 2.19. The second kappa shape index (κ2) is 6.51. The van der Waals surface area contributed by atoms with E-state index in [1.807, 2.05) is 18.2 Å². The minimum Gasteiger partial charge on any atom is -0.350 e. The van der Waals surface area contributed by atoms with E-state index in [4.69, 9.17) is 0 Å². The Labute approximate surface area is 143 Å². The third-order valence-corrected chi connectivity index (χ3v) is 4.60. The van der Waals surface area contributed by atoms with Crippen molar-refractivity contribution in [3.8, 4) is 0 Å². The summed E-state index contributed by atoms with van der Waals surface area (Å²) in [5.41, 5.74) is 2.61. The predicted molar refractivity (Wildman–Crippen MR) is 94.6 cm³/mol. The minimum atomic E-state index is -0.371. The molecule has 2 N–H and O–H groups in total. The SMILES string of the molecule is O=C(NCCC1=CCCCC1)c1nnn2c1c(=O)[nH]c1ccccc12. The van der Waals surface area contributed by atoms with Crippen molar-refractivity contribution in [2.24, 2.45) is 0 Å². The predicted octanol–water partition coefficient (Wildman–Crippen LogP) is 2.19. The zero-order valence-electron chi connectivity index (χ0n) is 13.8. The Morgan fingerprint density at radius 3 is 3.00 bits per heavy atom. The molecule has 7 heteroatoms. The molecule has 0 bridgehead atoms. The second-order valence-electron chi connectivity index (χ2n) is 6.28. The number of hydrogen-bond acceptors (Lipinski definition) is 4. The third kappa shape index (κ3) is 2.93. The molecular formula is C18H19N5O2. The van der Waals surface area contributed by atoms with Gasteiger partial charge in [0.25, 0.3) is 11.5 Å². The number of nitrogens with one attached hydrogen (secondary N) is 2. The number of aromatic amines is 1. The normalized spacial score (nSPS) is 14.6. The molecule has 0 saturated heterocycles. The molecule has 0 aliphatic heterocycles. The number of nitrogens with zero attached hydrogens (tertiary/aromatic N) is 3. The molecule has 25 heavy (non-hydrogen) atoms. The van der Waals surface area contributed by atoms with Crippen LogP contribution in [0, 0.1) is 0 Å². The van der Waals surface area contributed by atoms with Crippen LogP contribution in [0.3, 0.4) is 0 Å². The van der Waals surface area contributed by atoms with Crippen LogP contribution in [0.15, 0.2) is 40.7 Å². The maximum Gasteiger partial charge on any atom is 0.277 e. The van der Waals surface area contributed by atoms with Gasteiger partial charge in [-0.1, -0.05) is 29.0 Å². The van der Waals surface area contributed by atoms with Crippen LogP contribution in [0.2, 0.25) is 0 Å². The van der Waals surface area contributed by atoms with E-state index < -0.39 is 0 Å². The van der Waals surface area contributed by atoms with Crippen molar-refractivity contribution in [2.45, 2.75) is 32.1 Å². The standard InChI is InChI=1S/C18H19N5O2/c24-17(19-11-10-12-6-2-1-3-7-12)15-16-18(25)20-13-8-4-5-9-14(13)23(16)22-21-15/h4-6,8-9H,1-3,7,10-11H2,(H,19,24)(H,20,25). The zero-order valence-corrected chi connectivity index (χ0v) is 13.8.